The van der Waals surface area contributed by atoms with E-state index in [1.165, 1.54) is 0 Å². The van der Waals surface area contributed by atoms with Crippen LogP contribution in [0.1, 0.15) is 12.7 Å². The van der Waals surface area contributed by atoms with E-state index in [1.54, 1.807) is 12.4 Å². The minimum Gasteiger partial charge on any atom is -0.616 e. The van der Waals surface area contributed by atoms with Gasteiger partial charge in [-0.15, -0.1) is 0 Å². The summed E-state index contributed by atoms with van der Waals surface area (Å²) in [6.07, 6.45) is 3.41. The van der Waals surface area contributed by atoms with Gasteiger partial charge in [0.1, 0.15) is 5.75 Å². The fourth-order valence-electron chi connectivity index (χ4n) is 0.631. The molecule has 1 aromatic heterocycles. The predicted octanol–water partition coefficient (Wildman–Crippen LogP) is 0.678. The Bertz CT molecular complexity index is 176. The third kappa shape index (κ3) is 2.04. The van der Waals surface area contributed by atoms with E-state index in [9.17, 15) is 4.55 Å². The molecule has 1 atom stereocenters. The Labute approximate surface area is 63.0 Å². The Balaban J connectivity index is 2.40. The van der Waals surface area contributed by atoms with Crippen LogP contribution in [0.3, 0.4) is 0 Å². The molecule has 10 heavy (non-hydrogen) atoms. The first-order valence-corrected chi connectivity index (χ1v) is 4.65. The van der Waals surface area contributed by atoms with E-state index in [0.717, 1.165) is 5.82 Å². The highest BCUT2D eigenvalue weighted by Gasteiger charge is 2.04. The molecule has 0 aliphatic rings. The van der Waals surface area contributed by atoms with Gasteiger partial charge in [0.15, 0.2) is 11.6 Å². The standard InChI is InChI=1S/C6H10N2OS/c1-2-10(9)5-6-7-3-4-8-6/h3-4H,2,5H2,1H3,(H,7,8). The molecule has 1 aromatic rings. The second-order valence-corrected chi connectivity index (χ2v) is 3.65. The summed E-state index contributed by atoms with van der Waals surface area (Å²) in [4.78, 5) is 6.85. The number of imidazole rings is 1. The van der Waals surface area contributed by atoms with Crippen LogP contribution < -0.4 is 0 Å². The minimum atomic E-state index is -0.750. The average molecular weight is 158 g/mol. The number of aromatic nitrogens is 2. The molecule has 3 nitrogen and oxygen atoms in total. The normalized spacial score (nSPS) is 13.4. The van der Waals surface area contributed by atoms with Gasteiger partial charge in [-0.05, 0) is 18.1 Å². The minimum absolute atomic E-state index is 0.545. The Morgan fingerprint density at radius 2 is 2.60 bits per heavy atom. The van der Waals surface area contributed by atoms with E-state index >= 15 is 0 Å². The third-order valence-corrected chi connectivity index (χ3v) is 2.41. The van der Waals surface area contributed by atoms with Crippen molar-refractivity contribution in [2.45, 2.75) is 12.7 Å². The maximum absolute atomic E-state index is 10.9. The molecule has 0 bridgehead atoms. The molecule has 0 saturated heterocycles. The van der Waals surface area contributed by atoms with Crippen LogP contribution in [0.2, 0.25) is 0 Å². The predicted molar refractivity (Wildman–Crippen MR) is 41.0 cm³/mol. The molecule has 0 aliphatic carbocycles. The average Bonchev–Trinajstić information content (AvgIpc) is 2.40. The lowest BCUT2D eigenvalue weighted by Crippen LogP contribution is -2.07. The van der Waals surface area contributed by atoms with Crippen molar-refractivity contribution in [3.63, 3.8) is 0 Å². The van der Waals surface area contributed by atoms with Crippen molar-refractivity contribution in [2.75, 3.05) is 5.75 Å². The first kappa shape index (κ1) is 7.63. The highest BCUT2D eigenvalue weighted by atomic mass is 32.2. The summed E-state index contributed by atoms with van der Waals surface area (Å²) >= 11 is -0.750. The first-order valence-electron chi connectivity index (χ1n) is 3.16. The molecular weight excluding hydrogens is 148 g/mol. The van der Waals surface area contributed by atoms with Crippen molar-refractivity contribution in [3.8, 4) is 0 Å². The van der Waals surface area contributed by atoms with Crippen molar-refractivity contribution < 1.29 is 4.55 Å². The number of aromatic amines is 1. The van der Waals surface area contributed by atoms with Gasteiger partial charge in [0, 0.05) is 12.4 Å². The zero-order chi connectivity index (χ0) is 7.40. The van der Waals surface area contributed by atoms with Gasteiger partial charge in [-0.1, -0.05) is 0 Å². The van der Waals surface area contributed by atoms with E-state index in [-0.39, 0.29) is 0 Å². The smallest absolute Gasteiger partial charge is 0.162 e. The van der Waals surface area contributed by atoms with Crippen molar-refractivity contribution in [1.29, 1.82) is 0 Å². The number of nitrogens with one attached hydrogen (secondary N) is 1. The maximum atomic E-state index is 10.9. The lowest BCUT2D eigenvalue weighted by molar-refractivity contribution is 0.594. The first-order chi connectivity index (χ1) is 4.83. The number of rotatable bonds is 3. The largest absolute Gasteiger partial charge is 0.616 e. The highest BCUT2D eigenvalue weighted by molar-refractivity contribution is 7.90. The van der Waals surface area contributed by atoms with Crippen LogP contribution >= 0.6 is 0 Å². The number of hydrogen-bond acceptors (Lipinski definition) is 2. The summed E-state index contributed by atoms with van der Waals surface area (Å²) in [6.45, 7) is 1.90. The quantitative estimate of drug-likeness (QED) is 0.657. The lowest BCUT2D eigenvalue weighted by Gasteiger charge is -2.04. The van der Waals surface area contributed by atoms with E-state index in [0.29, 0.717) is 11.5 Å². The molecule has 1 unspecified atom stereocenters. The van der Waals surface area contributed by atoms with Crippen LogP contribution in [-0.2, 0) is 16.9 Å². The SMILES string of the molecule is CC[S+]([O-])Cc1ncc[nH]1. The number of H-pyrrole nitrogens is 1. The summed E-state index contributed by atoms with van der Waals surface area (Å²) < 4.78 is 10.9. The highest BCUT2D eigenvalue weighted by Crippen LogP contribution is 1.99. The number of hydrogen-bond donors (Lipinski definition) is 1. The molecular formula is C6H10N2OS. The van der Waals surface area contributed by atoms with Crippen LogP contribution in [-0.4, -0.2) is 20.3 Å². The van der Waals surface area contributed by atoms with E-state index in [4.69, 9.17) is 0 Å². The Morgan fingerprint density at radius 3 is 3.10 bits per heavy atom. The van der Waals surface area contributed by atoms with Gasteiger partial charge in [-0.2, -0.15) is 0 Å². The van der Waals surface area contributed by atoms with Crippen LogP contribution in [0.5, 0.6) is 0 Å². The molecule has 0 amide bonds. The van der Waals surface area contributed by atoms with Gasteiger partial charge in [-0.25, -0.2) is 4.98 Å². The topological polar surface area (TPSA) is 51.7 Å². The Morgan fingerprint density at radius 1 is 1.80 bits per heavy atom. The van der Waals surface area contributed by atoms with E-state index < -0.39 is 11.2 Å². The molecule has 1 heterocycles. The van der Waals surface area contributed by atoms with Crippen LogP contribution in [0.15, 0.2) is 12.4 Å². The van der Waals surface area contributed by atoms with Gasteiger partial charge in [0.25, 0.3) is 0 Å². The Kier molecular flexibility index (Phi) is 2.77. The molecule has 0 fully saturated rings. The Hall–Kier alpha value is -0.480. The molecule has 0 spiro atoms. The number of nitrogens with zero attached hydrogens (tertiary/aromatic N) is 1. The molecule has 0 aromatic carbocycles. The molecule has 56 valence electrons. The summed E-state index contributed by atoms with van der Waals surface area (Å²) in [5, 5.41) is 0. The van der Waals surface area contributed by atoms with Crippen molar-refractivity contribution in [2.24, 2.45) is 0 Å². The van der Waals surface area contributed by atoms with Crippen LogP contribution in [0, 0.1) is 0 Å². The monoisotopic (exact) mass is 158 g/mol. The summed E-state index contributed by atoms with van der Waals surface area (Å²) in [5.41, 5.74) is 0. The molecule has 1 rings (SSSR count). The van der Waals surface area contributed by atoms with Gasteiger partial charge >= 0.3 is 0 Å². The molecule has 0 radical (unpaired) electrons. The van der Waals surface area contributed by atoms with Crippen LogP contribution in [0.4, 0.5) is 0 Å². The van der Waals surface area contributed by atoms with Crippen LogP contribution in [0.25, 0.3) is 0 Å². The lowest BCUT2D eigenvalue weighted by atomic mass is 10.7. The van der Waals surface area contributed by atoms with Gasteiger partial charge < -0.3 is 9.54 Å². The summed E-state index contributed by atoms with van der Waals surface area (Å²) in [6, 6.07) is 0. The zero-order valence-corrected chi connectivity index (χ0v) is 6.65. The van der Waals surface area contributed by atoms with Crippen molar-refractivity contribution in [3.05, 3.63) is 18.2 Å². The van der Waals surface area contributed by atoms with E-state index in [1.807, 2.05) is 6.92 Å². The molecule has 0 aliphatic heterocycles. The maximum Gasteiger partial charge on any atom is 0.162 e. The van der Waals surface area contributed by atoms with Gasteiger partial charge in [0.05, 0.1) is 0 Å². The third-order valence-electron chi connectivity index (χ3n) is 1.17. The second kappa shape index (κ2) is 3.63. The van der Waals surface area contributed by atoms with Crippen molar-refractivity contribution >= 4 is 11.2 Å². The zero-order valence-electron chi connectivity index (χ0n) is 5.83. The second-order valence-electron chi connectivity index (χ2n) is 1.91. The summed E-state index contributed by atoms with van der Waals surface area (Å²) in [7, 11) is 0. The fourth-order valence-corrected chi connectivity index (χ4v) is 1.30. The van der Waals surface area contributed by atoms with Gasteiger partial charge in [-0.3, -0.25) is 0 Å². The molecule has 1 N–H and O–H groups in total. The van der Waals surface area contributed by atoms with Crippen molar-refractivity contribution in [1.82, 2.24) is 9.97 Å². The molecule has 4 heteroatoms. The summed E-state index contributed by atoms with van der Waals surface area (Å²) in [5.74, 6) is 2.05. The fraction of sp³-hybridized carbons (Fsp3) is 0.500. The molecule has 0 saturated carbocycles. The van der Waals surface area contributed by atoms with Gasteiger partial charge in [0.2, 0.25) is 0 Å². The van der Waals surface area contributed by atoms with E-state index in [2.05, 4.69) is 9.97 Å².